The van der Waals surface area contributed by atoms with Gasteiger partial charge in [0.25, 0.3) is 0 Å². The summed E-state index contributed by atoms with van der Waals surface area (Å²) in [5.74, 6) is 1.81. The maximum atomic E-state index is 6.12. The minimum absolute atomic E-state index is 0.336. The highest BCUT2D eigenvalue weighted by atomic mass is 16.5. The van der Waals surface area contributed by atoms with E-state index in [1.165, 1.54) is 5.69 Å². The van der Waals surface area contributed by atoms with E-state index < -0.39 is 0 Å². The summed E-state index contributed by atoms with van der Waals surface area (Å²) in [5.41, 5.74) is 9.18. The monoisotopic (exact) mass is 380 g/mol. The van der Waals surface area contributed by atoms with Gasteiger partial charge in [0.2, 0.25) is 0 Å². The van der Waals surface area contributed by atoms with Crippen LogP contribution in [0.4, 0.5) is 11.4 Å². The van der Waals surface area contributed by atoms with Gasteiger partial charge < -0.3 is 25.4 Å². The molecule has 3 N–H and O–H groups in total. The third-order valence-corrected chi connectivity index (χ3v) is 4.35. The first-order valence-corrected chi connectivity index (χ1v) is 9.65. The summed E-state index contributed by atoms with van der Waals surface area (Å²) in [6, 6.07) is 14.0. The van der Waals surface area contributed by atoms with E-state index in [0.717, 1.165) is 30.1 Å². The molecule has 6 heteroatoms. The quantitative estimate of drug-likeness (QED) is 0.414. The molecule has 0 unspecified atom stereocenters. The highest BCUT2D eigenvalue weighted by Crippen LogP contribution is 2.29. The number of hydrogen-bond donors (Lipinski definition) is 2. The fourth-order valence-electron chi connectivity index (χ4n) is 3.04. The number of nitrogens with one attached hydrogen (secondary N) is 1. The molecule has 2 aromatic carbocycles. The molecule has 0 bridgehead atoms. The maximum absolute atomic E-state index is 6.12. The molecule has 6 nitrogen and oxygen atoms in total. The molecule has 0 aliphatic carbocycles. The Labute approximate surface area is 166 Å². The molecule has 3 rings (SSSR count). The van der Waals surface area contributed by atoms with Crippen molar-refractivity contribution in [1.82, 2.24) is 0 Å². The van der Waals surface area contributed by atoms with Crippen molar-refractivity contribution in [1.29, 1.82) is 0 Å². The van der Waals surface area contributed by atoms with Crippen LogP contribution >= 0.6 is 0 Å². The van der Waals surface area contributed by atoms with E-state index in [4.69, 9.17) is 15.2 Å². The minimum atomic E-state index is 0.336. The van der Waals surface area contributed by atoms with E-state index >= 15 is 0 Å². The Hall–Kier alpha value is -3.15. The first kappa shape index (κ1) is 19.6. The van der Waals surface area contributed by atoms with Gasteiger partial charge in [0, 0.05) is 24.8 Å². The molecule has 1 aliphatic rings. The van der Waals surface area contributed by atoms with Gasteiger partial charge in [0.05, 0.1) is 25.4 Å². The zero-order valence-corrected chi connectivity index (χ0v) is 16.5. The average Bonchev–Trinajstić information content (AvgIpc) is 3.24. The number of anilines is 2. The number of ether oxygens (including phenoxy) is 2. The second kappa shape index (κ2) is 9.69. The molecule has 0 fully saturated rings. The summed E-state index contributed by atoms with van der Waals surface area (Å²) in [5, 5.41) is 3.14. The Kier molecular flexibility index (Phi) is 6.78. The van der Waals surface area contributed by atoms with Crippen molar-refractivity contribution >= 4 is 17.3 Å². The Balaban J connectivity index is 1.69. The van der Waals surface area contributed by atoms with Crippen molar-refractivity contribution in [2.24, 2.45) is 10.7 Å². The smallest absolute Gasteiger partial charge is 0.193 e. The highest BCUT2D eigenvalue weighted by molar-refractivity contribution is 5.94. The van der Waals surface area contributed by atoms with E-state index in [1.807, 2.05) is 32.0 Å². The van der Waals surface area contributed by atoms with Gasteiger partial charge in [-0.15, -0.1) is 0 Å². The Morgan fingerprint density at radius 1 is 1.07 bits per heavy atom. The highest BCUT2D eigenvalue weighted by Gasteiger charge is 2.09. The van der Waals surface area contributed by atoms with E-state index in [0.29, 0.717) is 31.5 Å². The largest absolute Gasteiger partial charge is 0.494 e. The second-order valence-electron chi connectivity index (χ2n) is 6.40. The summed E-state index contributed by atoms with van der Waals surface area (Å²) >= 11 is 0. The first-order chi connectivity index (χ1) is 13.7. The van der Waals surface area contributed by atoms with Crippen LogP contribution < -0.4 is 25.4 Å². The van der Waals surface area contributed by atoms with E-state index in [2.05, 4.69) is 51.6 Å². The van der Waals surface area contributed by atoms with Crippen molar-refractivity contribution in [2.45, 2.75) is 20.4 Å². The first-order valence-electron chi connectivity index (χ1n) is 9.65. The zero-order chi connectivity index (χ0) is 19.8. The Morgan fingerprint density at radius 3 is 2.61 bits per heavy atom. The molecule has 28 heavy (non-hydrogen) atoms. The van der Waals surface area contributed by atoms with Crippen molar-refractivity contribution in [3.8, 4) is 11.5 Å². The lowest BCUT2D eigenvalue weighted by atomic mass is 10.2. The molecule has 0 saturated carbocycles. The van der Waals surface area contributed by atoms with E-state index in [-0.39, 0.29) is 0 Å². The molecule has 1 heterocycles. The van der Waals surface area contributed by atoms with Gasteiger partial charge >= 0.3 is 0 Å². The summed E-state index contributed by atoms with van der Waals surface area (Å²) in [6.07, 6.45) is 4.36. The van der Waals surface area contributed by atoms with E-state index in [9.17, 15) is 0 Å². The number of guanidine groups is 1. The van der Waals surface area contributed by atoms with Crippen molar-refractivity contribution in [3.05, 3.63) is 60.2 Å². The summed E-state index contributed by atoms with van der Waals surface area (Å²) in [6.45, 7) is 7.46. The SMILES string of the molecule is CCOc1ccc(OCC)c(NC(N)=NCc2cccc(N3CC=CC3)c2)c1. The zero-order valence-electron chi connectivity index (χ0n) is 16.5. The van der Waals surface area contributed by atoms with Crippen molar-refractivity contribution in [3.63, 3.8) is 0 Å². The standard InChI is InChI=1S/C22H28N4O2/c1-3-27-19-10-11-21(28-4-2)20(15-19)25-22(23)24-16-17-8-7-9-18(14-17)26-12-5-6-13-26/h5-11,14-15H,3-4,12-13,16H2,1-2H3,(H3,23,24,25). The molecule has 0 aromatic heterocycles. The third-order valence-electron chi connectivity index (χ3n) is 4.35. The summed E-state index contributed by atoms with van der Waals surface area (Å²) in [7, 11) is 0. The molecule has 2 aromatic rings. The predicted molar refractivity (Wildman–Crippen MR) is 116 cm³/mol. The van der Waals surface area contributed by atoms with Crippen molar-refractivity contribution in [2.75, 3.05) is 36.5 Å². The van der Waals surface area contributed by atoms with Crippen LogP contribution in [0.5, 0.6) is 11.5 Å². The topological polar surface area (TPSA) is 72.1 Å². The summed E-state index contributed by atoms with van der Waals surface area (Å²) in [4.78, 5) is 6.80. The van der Waals surface area contributed by atoms with E-state index in [1.54, 1.807) is 0 Å². The van der Waals surface area contributed by atoms with Crippen LogP contribution in [0.15, 0.2) is 59.6 Å². The van der Waals surface area contributed by atoms with Gasteiger partial charge in [-0.25, -0.2) is 4.99 Å². The molecule has 0 radical (unpaired) electrons. The van der Waals surface area contributed by atoms with Gasteiger partial charge in [-0.1, -0.05) is 24.3 Å². The molecule has 0 atom stereocenters. The fourth-order valence-corrected chi connectivity index (χ4v) is 3.04. The number of hydrogen-bond acceptors (Lipinski definition) is 4. The van der Waals surface area contributed by atoms with Crippen LogP contribution in [-0.4, -0.2) is 32.3 Å². The lowest BCUT2D eigenvalue weighted by Crippen LogP contribution is -2.23. The minimum Gasteiger partial charge on any atom is -0.494 e. The molecule has 1 aliphatic heterocycles. The second-order valence-corrected chi connectivity index (χ2v) is 6.40. The number of nitrogens with two attached hydrogens (primary N) is 1. The lowest BCUT2D eigenvalue weighted by molar-refractivity contribution is 0.332. The van der Waals surface area contributed by atoms with Crippen LogP contribution in [0, 0.1) is 0 Å². The van der Waals surface area contributed by atoms with Gasteiger partial charge in [0.15, 0.2) is 5.96 Å². The van der Waals surface area contributed by atoms with Crippen LogP contribution in [-0.2, 0) is 6.54 Å². The van der Waals surface area contributed by atoms with Crippen LogP contribution in [0.1, 0.15) is 19.4 Å². The van der Waals surface area contributed by atoms with Gasteiger partial charge in [-0.3, -0.25) is 0 Å². The number of aliphatic imine (C=N–C) groups is 1. The molecule has 148 valence electrons. The Bertz CT molecular complexity index is 840. The fraction of sp³-hybridized carbons (Fsp3) is 0.318. The Morgan fingerprint density at radius 2 is 1.86 bits per heavy atom. The number of rotatable bonds is 8. The average molecular weight is 380 g/mol. The number of benzene rings is 2. The molecule has 0 saturated heterocycles. The maximum Gasteiger partial charge on any atom is 0.193 e. The van der Waals surface area contributed by atoms with Crippen molar-refractivity contribution < 1.29 is 9.47 Å². The van der Waals surface area contributed by atoms with Gasteiger partial charge in [0.1, 0.15) is 11.5 Å². The molecule has 0 spiro atoms. The third kappa shape index (κ3) is 5.19. The molecule has 0 amide bonds. The van der Waals surface area contributed by atoms with Crippen LogP contribution in [0.3, 0.4) is 0 Å². The normalized spacial score (nSPS) is 13.6. The van der Waals surface area contributed by atoms with Gasteiger partial charge in [-0.2, -0.15) is 0 Å². The van der Waals surface area contributed by atoms with Gasteiger partial charge in [-0.05, 0) is 43.7 Å². The summed E-state index contributed by atoms with van der Waals surface area (Å²) < 4.78 is 11.2. The number of nitrogens with zero attached hydrogens (tertiary/aromatic N) is 2. The van der Waals surface area contributed by atoms with Crippen LogP contribution in [0.2, 0.25) is 0 Å². The predicted octanol–water partition coefficient (Wildman–Crippen LogP) is 3.79. The molecular weight excluding hydrogens is 352 g/mol. The molecular formula is C22H28N4O2. The lowest BCUT2D eigenvalue weighted by Gasteiger charge is -2.18. The van der Waals surface area contributed by atoms with Crippen LogP contribution in [0.25, 0.3) is 0 Å².